The fraction of sp³-hybridized carbons (Fsp3) is 1.00. The summed E-state index contributed by atoms with van der Waals surface area (Å²) in [6.45, 7) is 0.107. The molecule has 3 N–H and O–H groups in total. The molecule has 0 aromatic carbocycles. The zero-order valence-corrected chi connectivity index (χ0v) is 9.94. The minimum absolute atomic E-state index is 0.107. The Morgan fingerprint density at radius 3 is 2.20 bits per heavy atom. The van der Waals surface area contributed by atoms with Crippen LogP contribution in [0.4, 0.5) is 0 Å². The van der Waals surface area contributed by atoms with E-state index >= 15 is 0 Å². The van der Waals surface area contributed by atoms with E-state index in [0.29, 0.717) is 12.8 Å². The maximum atomic E-state index is 11.1. The molecule has 1 fully saturated rings. The Kier molecular flexibility index (Phi) is 4.51. The van der Waals surface area contributed by atoms with Gasteiger partial charge in [0.1, 0.15) is 0 Å². The highest BCUT2D eigenvalue weighted by Crippen LogP contribution is 2.26. The lowest BCUT2D eigenvalue weighted by atomic mass is 9.95. The number of rotatable bonds is 4. The van der Waals surface area contributed by atoms with Crippen molar-refractivity contribution in [3.63, 3.8) is 0 Å². The third kappa shape index (κ3) is 4.46. The third-order valence-corrected chi connectivity index (χ3v) is 3.96. The molecule has 0 spiro atoms. The molecule has 5 nitrogen and oxygen atoms in total. The first-order chi connectivity index (χ1) is 6.97. The van der Waals surface area contributed by atoms with Gasteiger partial charge in [-0.1, -0.05) is 25.7 Å². The Bertz CT molecular complexity index is 282. The summed E-state index contributed by atoms with van der Waals surface area (Å²) >= 11 is 0. The molecule has 0 bridgehead atoms. The van der Waals surface area contributed by atoms with Crippen molar-refractivity contribution in [3.05, 3.63) is 0 Å². The fourth-order valence-corrected chi connectivity index (χ4v) is 2.47. The molecule has 15 heavy (non-hydrogen) atoms. The molecule has 90 valence electrons. The minimum Gasteiger partial charge on any atom is -0.389 e. The highest BCUT2D eigenvalue weighted by Gasteiger charge is 2.29. The minimum atomic E-state index is -3.43. The van der Waals surface area contributed by atoms with Crippen LogP contribution in [0, 0.1) is 0 Å². The SMILES string of the molecule is CNS(=O)(=O)NCC1(O)CCCCCC1. The number of hydrogen-bond donors (Lipinski definition) is 3. The Hall–Kier alpha value is -0.170. The maximum absolute atomic E-state index is 11.1. The van der Waals surface area contributed by atoms with Crippen molar-refractivity contribution in [1.29, 1.82) is 0 Å². The molecule has 0 heterocycles. The highest BCUT2D eigenvalue weighted by atomic mass is 32.2. The van der Waals surface area contributed by atoms with Gasteiger partial charge < -0.3 is 5.11 Å². The first-order valence-electron chi connectivity index (χ1n) is 5.38. The number of aliphatic hydroxyl groups is 1. The highest BCUT2D eigenvalue weighted by molar-refractivity contribution is 7.87. The van der Waals surface area contributed by atoms with E-state index in [1.54, 1.807) is 0 Å². The normalized spacial score (nSPS) is 22.3. The molecule has 6 heteroatoms. The van der Waals surface area contributed by atoms with Crippen molar-refractivity contribution in [3.8, 4) is 0 Å². The molecule has 0 radical (unpaired) electrons. The van der Waals surface area contributed by atoms with Crippen LogP contribution in [0.1, 0.15) is 38.5 Å². The van der Waals surface area contributed by atoms with Crippen molar-refractivity contribution in [2.24, 2.45) is 0 Å². The van der Waals surface area contributed by atoms with E-state index in [-0.39, 0.29) is 6.54 Å². The van der Waals surface area contributed by atoms with Gasteiger partial charge >= 0.3 is 0 Å². The van der Waals surface area contributed by atoms with Gasteiger partial charge in [0.2, 0.25) is 0 Å². The fourth-order valence-electron chi connectivity index (χ4n) is 1.86. The molecular formula is C9H20N2O3S. The molecule has 0 saturated heterocycles. The second kappa shape index (κ2) is 5.25. The molecule has 0 aliphatic heterocycles. The summed E-state index contributed by atoms with van der Waals surface area (Å²) in [5, 5.41) is 10.2. The summed E-state index contributed by atoms with van der Waals surface area (Å²) in [4.78, 5) is 0. The van der Waals surface area contributed by atoms with Crippen LogP contribution < -0.4 is 9.44 Å². The van der Waals surface area contributed by atoms with Crippen molar-refractivity contribution in [2.75, 3.05) is 13.6 Å². The van der Waals surface area contributed by atoms with Crippen LogP contribution >= 0.6 is 0 Å². The first kappa shape index (κ1) is 12.9. The third-order valence-electron chi connectivity index (χ3n) is 2.89. The Morgan fingerprint density at radius 2 is 1.73 bits per heavy atom. The van der Waals surface area contributed by atoms with Gasteiger partial charge in [0, 0.05) is 13.6 Å². The van der Waals surface area contributed by atoms with Crippen molar-refractivity contribution in [2.45, 2.75) is 44.1 Å². The van der Waals surface area contributed by atoms with E-state index < -0.39 is 15.8 Å². The maximum Gasteiger partial charge on any atom is 0.276 e. The first-order valence-corrected chi connectivity index (χ1v) is 6.86. The van der Waals surface area contributed by atoms with Crippen molar-refractivity contribution in [1.82, 2.24) is 9.44 Å². The smallest absolute Gasteiger partial charge is 0.276 e. The van der Waals surface area contributed by atoms with Gasteiger partial charge in [-0.05, 0) is 12.8 Å². The van der Waals surface area contributed by atoms with Crippen LogP contribution in [0.3, 0.4) is 0 Å². The molecule has 0 aromatic heterocycles. The summed E-state index contributed by atoms with van der Waals surface area (Å²) in [7, 11) is -2.08. The summed E-state index contributed by atoms with van der Waals surface area (Å²) in [6.07, 6.45) is 5.55. The quantitative estimate of drug-likeness (QED) is 0.607. The predicted octanol–water partition coefficient (Wildman–Crippen LogP) is 0.125. The second-order valence-corrected chi connectivity index (χ2v) is 5.87. The Labute approximate surface area is 91.4 Å². The lowest BCUT2D eigenvalue weighted by molar-refractivity contribution is 0.0302. The average Bonchev–Trinajstić information content (AvgIpc) is 2.42. The van der Waals surface area contributed by atoms with E-state index in [1.807, 2.05) is 0 Å². The van der Waals surface area contributed by atoms with E-state index in [4.69, 9.17) is 0 Å². The van der Waals surface area contributed by atoms with Gasteiger partial charge in [-0.3, -0.25) is 0 Å². The lowest BCUT2D eigenvalue weighted by Crippen LogP contribution is -2.45. The largest absolute Gasteiger partial charge is 0.389 e. The summed E-state index contributed by atoms with van der Waals surface area (Å²) < 4.78 is 26.8. The van der Waals surface area contributed by atoms with Gasteiger partial charge in [0.05, 0.1) is 5.60 Å². The van der Waals surface area contributed by atoms with Gasteiger partial charge in [0.15, 0.2) is 0 Å². The molecular weight excluding hydrogens is 216 g/mol. The molecule has 0 atom stereocenters. The predicted molar refractivity (Wildman–Crippen MR) is 58.6 cm³/mol. The van der Waals surface area contributed by atoms with Gasteiger partial charge in [-0.25, -0.2) is 4.72 Å². The van der Waals surface area contributed by atoms with Gasteiger partial charge in [-0.15, -0.1) is 0 Å². The topological polar surface area (TPSA) is 78.4 Å². The summed E-state index contributed by atoms with van der Waals surface area (Å²) in [5.41, 5.74) is -0.861. The molecule has 0 unspecified atom stereocenters. The van der Waals surface area contributed by atoms with Crippen LogP contribution in [0.25, 0.3) is 0 Å². The molecule has 0 amide bonds. The van der Waals surface area contributed by atoms with E-state index in [0.717, 1.165) is 25.7 Å². The molecule has 1 aliphatic rings. The van der Waals surface area contributed by atoms with E-state index in [2.05, 4.69) is 9.44 Å². The molecule has 1 aliphatic carbocycles. The van der Waals surface area contributed by atoms with Gasteiger partial charge in [0.25, 0.3) is 10.2 Å². The molecule has 1 rings (SSSR count). The van der Waals surface area contributed by atoms with Crippen LogP contribution in [-0.4, -0.2) is 32.7 Å². The second-order valence-electron chi connectivity index (χ2n) is 4.17. The van der Waals surface area contributed by atoms with Crippen molar-refractivity contribution >= 4 is 10.2 Å². The number of nitrogens with one attached hydrogen (secondary N) is 2. The molecule has 1 saturated carbocycles. The zero-order valence-electron chi connectivity index (χ0n) is 9.12. The van der Waals surface area contributed by atoms with E-state index in [9.17, 15) is 13.5 Å². The van der Waals surface area contributed by atoms with E-state index in [1.165, 1.54) is 7.05 Å². The Balaban J connectivity index is 2.48. The van der Waals surface area contributed by atoms with Crippen LogP contribution in [0.15, 0.2) is 0 Å². The monoisotopic (exact) mass is 236 g/mol. The zero-order chi connectivity index (χ0) is 11.4. The molecule has 0 aromatic rings. The lowest BCUT2D eigenvalue weighted by Gasteiger charge is -2.26. The van der Waals surface area contributed by atoms with Gasteiger partial charge in [-0.2, -0.15) is 13.1 Å². The van der Waals surface area contributed by atoms with Crippen LogP contribution in [0.5, 0.6) is 0 Å². The Morgan fingerprint density at radius 1 is 1.20 bits per heavy atom. The van der Waals surface area contributed by atoms with Crippen molar-refractivity contribution < 1.29 is 13.5 Å². The average molecular weight is 236 g/mol. The summed E-state index contributed by atoms with van der Waals surface area (Å²) in [6, 6.07) is 0. The standard InChI is InChI=1S/C9H20N2O3S/c1-10-15(13,14)11-8-9(12)6-4-2-3-5-7-9/h10-12H,2-8H2,1H3. The van der Waals surface area contributed by atoms with Crippen LogP contribution in [0.2, 0.25) is 0 Å². The number of hydrogen-bond acceptors (Lipinski definition) is 3. The van der Waals surface area contributed by atoms with Crippen LogP contribution in [-0.2, 0) is 10.2 Å². The summed E-state index contributed by atoms with van der Waals surface area (Å²) in [5.74, 6) is 0.